The number of amides is 3. The van der Waals surface area contributed by atoms with Crippen molar-refractivity contribution in [2.45, 2.75) is 83.8 Å². The molecular formula is C35H46F2N4O8. The third kappa shape index (κ3) is 9.04. The quantitative estimate of drug-likeness (QED) is 0.245. The third-order valence-electron chi connectivity index (χ3n) is 9.61. The molecule has 2 aromatic rings. The molecule has 0 spiro atoms. The van der Waals surface area contributed by atoms with Gasteiger partial charge in [0.1, 0.15) is 23.8 Å². The largest absolute Gasteiger partial charge is 0.453 e. The average Bonchev–Trinajstić information content (AvgIpc) is 3.35. The highest BCUT2D eigenvalue weighted by molar-refractivity contribution is 5.86. The number of aliphatic hydroxyl groups is 1. The Kier molecular flexibility index (Phi) is 11.4. The molecular weight excluding hydrogens is 642 g/mol. The van der Waals surface area contributed by atoms with Crippen molar-refractivity contribution in [2.24, 2.45) is 23.2 Å². The van der Waals surface area contributed by atoms with Gasteiger partial charge in [-0.3, -0.25) is 10.2 Å². The highest BCUT2D eigenvalue weighted by atomic mass is 19.1. The Bertz CT molecular complexity index is 1460. The molecule has 2 saturated heterocycles. The van der Waals surface area contributed by atoms with Crippen LogP contribution in [0, 0.1) is 34.8 Å². The maximum Gasteiger partial charge on any atom is 0.407 e. The second-order valence-corrected chi connectivity index (χ2v) is 14.2. The second kappa shape index (κ2) is 15.4. The van der Waals surface area contributed by atoms with E-state index in [2.05, 4.69) is 23.0 Å². The number of hydrogen-bond donors (Lipinski definition) is 4. The van der Waals surface area contributed by atoms with E-state index in [1.54, 1.807) is 20.8 Å². The van der Waals surface area contributed by atoms with E-state index in [0.717, 1.165) is 23.8 Å². The number of hydrogen-bond acceptors (Lipinski definition) is 9. The minimum absolute atomic E-state index is 0.0696. The standard InChI is InChI=1S/C35H46F2N4O8/c1-19-24-15-28-29(25(19)18-47-32(24)48-28)49-34(45)38-26(13-21-11-22(36)14-23(37)12-21)27(42)17-41(16-20-9-7-6-8-10-20)40-31(43)30(35(2,3)4)39-33(44)46-5/h6-12,14,19,24-30,32,42H,13,15-18H2,1-5H3,(H,38,45)(H,39,44)(H,40,43)/t19-,24?,25?,26+,27-,28?,29?,30-,32?/m1/s1. The summed E-state index contributed by atoms with van der Waals surface area (Å²) in [5.74, 6) is -1.82. The van der Waals surface area contributed by atoms with Gasteiger partial charge in [0.05, 0.1) is 32.0 Å². The Morgan fingerprint density at radius 3 is 2.37 bits per heavy atom. The molecule has 49 heavy (non-hydrogen) atoms. The minimum atomic E-state index is -1.39. The van der Waals surface area contributed by atoms with E-state index >= 15 is 0 Å². The molecule has 3 aliphatic rings. The van der Waals surface area contributed by atoms with E-state index in [0.29, 0.717) is 13.0 Å². The van der Waals surface area contributed by atoms with Crippen LogP contribution < -0.4 is 16.1 Å². The number of nitrogens with one attached hydrogen (secondary N) is 3. The molecule has 12 nitrogen and oxygen atoms in total. The summed E-state index contributed by atoms with van der Waals surface area (Å²) < 4.78 is 50.9. The van der Waals surface area contributed by atoms with Crippen LogP contribution >= 0.6 is 0 Å². The number of aliphatic hydroxyl groups excluding tert-OH is 1. The molecule has 268 valence electrons. The van der Waals surface area contributed by atoms with Gasteiger partial charge in [-0.25, -0.2) is 23.4 Å². The molecule has 2 aliphatic heterocycles. The first-order valence-electron chi connectivity index (χ1n) is 16.5. The Labute approximate surface area is 284 Å². The average molecular weight is 689 g/mol. The van der Waals surface area contributed by atoms with Gasteiger partial charge in [-0.15, -0.1) is 0 Å². The lowest BCUT2D eigenvalue weighted by molar-refractivity contribution is -0.167. The fraction of sp³-hybridized carbons (Fsp3) is 0.571. The van der Waals surface area contributed by atoms with Gasteiger partial charge in [0.15, 0.2) is 6.29 Å². The van der Waals surface area contributed by atoms with Crippen LogP contribution in [-0.4, -0.2) is 85.2 Å². The molecule has 3 fully saturated rings. The van der Waals surface area contributed by atoms with Crippen molar-refractivity contribution in [3.05, 3.63) is 71.3 Å². The first-order chi connectivity index (χ1) is 23.2. The number of carbonyl (C=O) groups excluding carboxylic acids is 3. The van der Waals surface area contributed by atoms with E-state index in [4.69, 9.17) is 18.9 Å². The molecule has 3 bridgehead atoms. The lowest BCUT2D eigenvalue weighted by Gasteiger charge is -2.42. The number of methoxy groups -OCH3 is 1. The number of ether oxygens (including phenoxy) is 4. The van der Waals surface area contributed by atoms with E-state index in [-0.39, 0.29) is 55.2 Å². The summed E-state index contributed by atoms with van der Waals surface area (Å²) in [6.45, 7) is 7.70. The number of carbonyl (C=O) groups is 3. The molecule has 9 atom stereocenters. The van der Waals surface area contributed by atoms with Gasteiger partial charge in [-0.2, -0.15) is 0 Å². The van der Waals surface area contributed by atoms with Crippen molar-refractivity contribution in [3.63, 3.8) is 0 Å². The van der Waals surface area contributed by atoms with Crippen molar-refractivity contribution >= 4 is 18.1 Å². The molecule has 0 radical (unpaired) electrons. The van der Waals surface area contributed by atoms with Gasteiger partial charge < -0.3 is 34.7 Å². The molecule has 4 N–H and O–H groups in total. The van der Waals surface area contributed by atoms with Crippen molar-refractivity contribution in [3.8, 4) is 0 Å². The number of rotatable bonds is 12. The molecule has 0 aromatic heterocycles. The highest BCUT2D eigenvalue weighted by Gasteiger charge is 2.57. The zero-order valence-corrected chi connectivity index (χ0v) is 28.4. The lowest BCUT2D eigenvalue weighted by atomic mass is 9.70. The Balaban J connectivity index is 1.36. The zero-order valence-electron chi connectivity index (χ0n) is 28.4. The van der Waals surface area contributed by atoms with Gasteiger partial charge in [0.25, 0.3) is 5.91 Å². The smallest absolute Gasteiger partial charge is 0.407 e. The first kappa shape index (κ1) is 36.4. The van der Waals surface area contributed by atoms with Crippen molar-refractivity contribution in [1.29, 1.82) is 0 Å². The van der Waals surface area contributed by atoms with E-state index in [1.807, 2.05) is 30.3 Å². The maximum atomic E-state index is 14.2. The summed E-state index contributed by atoms with van der Waals surface area (Å²) in [6, 6.07) is 9.99. The Hall–Kier alpha value is -3.85. The lowest BCUT2D eigenvalue weighted by Crippen LogP contribution is -2.59. The molecule has 1 aliphatic carbocycles. The van der Waals surface area contributed by atoms with E-state index in [1.165, 1.54) is 12.1 Å². The summed E-state index contributed by atoms with van der Waals surface area (Å²) in [5, 5.41) is 18.4. The fourth-order valence-electron chi connectivity index (χ4n) is 7.01. The van der Waals surface area contributed by atoms with Gasteiger partial charge in [-0.1, -0.05) is 58.0 Å². The fourth-order valence-corrected chi connectivity index (χ4v) is 7.01. The minimum Gasteiger partial charge on any atom is -0.453 e. The number of nitrogens with zero attached hydrogens (tertiary/aromatic N) is 1. The van der Waals surface area contributed by atoms with Crippen LogP contribution in [0.15, 0.2) is 48.5 Å². The topological polar surface area (TPSA) is 148 Å². The predicted octanol–water partition coefficient (Wildman–Crippen LogP) is 3.66. The van der Waals surface area contributed by atoms with Crippen LogP contribution in [-0.2, 0) is 36.7 Å². The van der Waals surface area contributed by atoms with Crippen LogP contribution in [0.5, 0.6) is 0 Å². The molecule has 5 unspecified atom stereocenters. The van der Waals surface area contributed by atoms with E-state index < -0.39 is 59.4 Å². The molecule has 1 saturated carbocycles. The van der Waals surface area contributed by atoms with Crippen LogP contribution in [0.1, 0.15) is 45.2 Å². The van der Waals surface area contributed by atoms with Crippen molar-refractivity contribution in [1.82, 2.24) is 21.1 Å². The first-order valence-corrected chi connectivity index (χ1v) is 16.5. The van der Waals surface area contributed by atoms with Gasteiger partial charge in [-0.05, 0) is 47.4 Å². The number of alkyl carbamates (subject to hydrolysis) is 2. The third-order valence-corrected chi connectivity index (χ3v) is 9.61. The zero-order chi connectivity index (χ0) is 35.5. The number of hydrazine groups is 1. The van der Waals surface area contributed by atoms with E-state index in [9.17, 15) is 28.3 Å². The molecule has 3 amide bonds. The SMILES string of the molecule is COC(=O)N[C@H](C(=O)NN(Cc1ccccc1)C[C@@H](O)[C@H](Cc1cc(F)cc(F)c1)NC(=O)OC1C2CC3C(OCC1[C@@H]3C)O2)C(C)(C)C. The summed E-state index contributed by atoms with van der Waals surface area (Å²) >= 11 is 0. The summed E-state index contributed by atoms with van der Waals surface area (Å²) in [6.07, 6.45) is -3.69. The normalized spacial score (nSPS) is 26.1. The van der Waals surface area contributed by atoms with Gasteiger partial charge >= 0.3 is 12.2 Å². The molecule has 14 heteroatoms. The number of benzene rings is 2. The van der Waals surface area contributed by atoms with Crippen LogP contribution in [0.2, 0.25) is 0 Å². The van der Waals surface area contributed by atoms with Crippen molar-refractivity contribution in [2.75, 3.05) is 20.3 Å². The number of halogens is 2. The summed E-state index contributed by atoms with van der Waals surface area (Å²) in [4.78, 5) is 39.2. The molecule has 2 heterocycles. The predicted molar refractivity (Wildman–Crippen MR) is 172 cm³/mol. The van der Waals surface area contributed by atoms with Crippen LogP contribution in [0.25, 0.3) is 0 Å². The highest BCUT2D eigenvalue weighted by Crippen LogP contribution is 2.49. The van der Waals surface area contributed by atoms with Gasteiger partial charge in [0, 0.05) is 31.0 Å². The number of fused-ring (bicyclic) bond motifs is 2. The molecule has 5 rings (SSSR count). The second-order valence-electron chi connectivity index (χ2n) is 14.2. The van der Waals surface area contributed by atoms with Crippen molar-refractivity contribution < 1.29 is 47.2 Å². The van der Waals surface area contributed by atoms with Crippen LogP contribution in [0.4, 0.5) is 18.4 Å². The monoisotopic (exact) mass is 688 g/mol. The van der Waals surface area contributed by atoms with Gasteiger partial charge in [0.2, 0.25) is 0 Å². The molecule has 2 aromatic carbocycles. The summed E-state index contributed by atoms with van der Waals surface area (Å²) in [5.41, 5.74) is 3.05. The maximum absolute atomic E-state index is 14.2. The Morgan fingerprint density at radius 2 is 1.71 bits per heavy atom. The Morgan fingerprint density at radius 1 is 1.02 bits per heavy atom. The summed E-state index contributed by atoms with van der Waals surface area (Å²) in [7, 11) is 1.19. The van der Waals surface area contributed by atoms with Crippen LogP contribution in [0.3, 0.4) is 0 Å².